The second-order valence-corrected chi connectivity index (χ2v) is 44.5. The predicted octanol–water partition coefficient (Wildman–Crippen LogP) is 6.90. The van der Waals surface area contributed by atoms with Crippen LogP contribution in [0.25, 0.3) is 0 Å². The lowest BCUT2D eigenvalue weighted by Gasteiger charge is -2.41. The number of unbranched alkanes of at least 4 members (excludes halogenated alkanes) is 2. The van der Waals surface area contributed by atoms with Gasteiger partial charge >= 0.3 is 25.7 Å². The summed E-state index contributed by atoms with van der Waals surface area (Å²) in [6.07, 6.45) is 4.43. The van der Waals surface area contributed by atoms with Crippen LogP contribution in [-0.2, 0) is 30.0 Å². The molecule has 1 atom stereocenters. The van der Waals surface area contributed by atoms with Crippen molar-refractivity contribution >= 4 is 59.0 Å². The van der Waals surface area contributed by atoms with Crippen LogP contribution in [0.15, 0.2) is 0 Å². The van der Waals surface area contributed by atoms with E-state index in [9.17, 15) is 0 Å². The zero-order valence-corrected chi connectivity index (χ0v) is 37.3. The lowest BCUT2D eigenvalue weighted by Crippen LogP contribution is -2.59. The van der Waals surface area contributed by atoms with Crippen LogP contribution in [0.3, 0.4) is 0 Å². The predicted molar refractivity (Wildman–Crippen MR) is 194 cm³/mol. The van der Waals surface area contributed by atoms with E-state index in [4.69, 9.17) is 40.3 Å². The number of hydrogen-bond donors (Lipinski definition) is 2. The maximum atomic E-state index is 8.84. The van der Waals surface area contributed by atoms with E-state index in [2.05, 4.69) is 105 Å². The molecule has 0 spiro atoms. The van der Waals surface area contributed by atoms with Crippen LogP contribution in [-0.4, -0.2) is 108 Å². The minimum atomic E-state index is -2.44. The molecule has 0 heterocycles. The van der Waals surface area contributed by atoms with Crippen LogP contribution in [0.4, 0.5) is 0 Å². The van der Waals surface area contributed by atoms with Gasteiger partial charge in [-0.25, -0.2) is 0 Å². The molecule has 0 aliphatic heterocycles. The zero-order valence-electron chi connectivity index (χ0n) is 30.3. The second kappa shape index (κ2) is 19.7. The molecular weight excluding hydrogens is 653 g/mol. The molecule has 16 heteroatoms. The van der Waals surface area contributed by atoms with Crippen LogP contribution in [0.2, 0.25) is 105 Å². The fraction of sp³-hybridized carbons (Fsp3) is 1.00. The smallest absolute Gasteiger partial charge is 0.342 e. The maximum absolute atomic E-state index is 8.84. The highest BCUT2D eigenvalue weighted by Gasteiger charge is 2.45. The summed E-state index contributed by atoms with van der Waals surface area (Å²) in [5.74, 6) is 0. The Labute approximate surface area is 267 Å². The molecule has 0 rings (SSSR count). The average molecular weight is 723 g/mol. The summed E-state index contributed by atoms with van der Waals surface area (Å²) < 4.78 is 43.5. The molecule has 0 aromatic carbocycles. The number of aliphatic hydroxyl groups excluding tert-OH is 2. The zero-order chi connectivity index (χ0) is 33.5. The molecule has 0 aliphatic rings. The van der Waals surface area contributed by atoms with Gasteiger partial charge in [-0.2, -0.15) is 0 Å². The summed E-state index contributed by atoms with van der Waals surface area (Å²) in [6, 6.07) is 0. The van der Waals surface area contributed by atoms with E-state index in [0.717, 1.165) is 25.7 Å². The Kier molecular flexibility index (Phi) is 21.3. The molecule has 9 nitrogen and oxygen atoms in total. The van der Waals surface area contributed by atoms with Crippen LogP contribution in [0.1, 0.15) is 25.7 Å². The van der Waals surface area contributed by atoms with E-state index in [1.165, 1.54) is 0 Å². The van der Waals surface area contributed by atoms with Gasteiger partial charge in [0, 0.05) is 26.4 Å². The first-order valence-corrected chi connectivity index (χ1v) is 37.0. The van der Waals surface area contributed by atoms with Crippen molar-refractivity contribution in [3.8, 4) is 0 Å². The van der Waals surface area contributed by atoms with Crippen molar-refractivity contribution in [3.05, 3.63) is 0 Å². The molecule has 0 aromatic heterocycles. The topological polar surface area (TPSA) is 105 Å². The van der Waals surface area contributed by atoms with Gasteiger partial charge in [-0.15, -0.1) is 0 Å². The van der Waals surface area contributed by atoms with E-state index in [0.29, 0.717) is 25.7 Å². The standard InChI is InChI=1S/C14H38O5Si4.C12H32O4Si3/c1-20(2,3)17-22(7,8)19-23(9,18-21(4,5)6)14-16-13-11-10-12-15;1-17(2,3)15-19(7,16-18(4,5)6)12-14-11-9-8-10-13/h15H,10-14H2,1-9H3;13H,8-12H2,1-7H3. The van der Waals surface area contributed by atoms with Crippen molar-refractivity contribution in [1.29, 1.82) is 0 Å². The molecule has 0 fully saturated rings. The molecule has 0 saturated carbocycles. The molecular formula is C26H70O9Si7. The Hall–Kier alpha value is 1.16. The number of aliphatic hydroxyl groups is 2. The highest BCUT2D eigenvalue weighted by molar-refractivity contribution is 6.89. The normalized spacial score (nSPS) is 15.3. The van der Waals surface area contributed by atoms with Crippen molar-refractivity contribution in [1.82, 2.24) is 0 Å². The first-order chi connectivity index (χ1) is 18.7. The SMILES string of the molecule is C[Si](C)(C)O[Si](C)(C)O[Si](C)(COCCCCO)O[Si](C)(C)C.C[Si](C)(C)O[Si](C)(COCCCCO)O[Si](C)(C)C. The summed E-state index contributed by atoms with van der Waals surface area (Å²) in [7, 11) is -13.6. The van der Waals surface area contributed by atoms with Crippen molar-refractivity contribution < 1.29 is 40.3 Å². The molecule has 256 valence electrons. The Morgan fingerprint density at radius 1 is 0.381 bits per heavy atom. The van der Waals surface area contributed by atoms with Crippen molar-refractivity contribution in [2.75, 3.05) is 38.9 Å². The van der Waals surface area contributed by atoms with Crippen LogP contribution < -0.4 is 0 Å². The monoisotopic (exact) mass is 722 g/mol. The van der Waals surface area contributed by atoms with Crippen molar-refractivity contribution in [2.45, 2.75) is 130 Å². The Balaban J connectivity index is 0. The van der Waals surface area contributed by atoms with Gasteiger partial charge in [-0.05, 0) is 130 Å². The second-order valence-electron chi connectivity index (χ2n) is 15.6. The first kappa shape index (κ1) is 45.3. The fourth-order valence-corrected chi connectivity index (χ4v) is 33.7. The summed E-state index contributed by atoms with van der Waals surface area (Å²) in [6.45, 7) is 36.5. The Morgan fingerprint density at radius 3 is 0.929 bits per heavy atom. The van der Waals surface area contributed by atoms with Crippen LogP contribution in [0, 0.1) is 0 Å². The minimum absolute atomic E-state index is 0.212. The first-order valence-electron chi connectivity index (χ1n) is 15.5. The van der Waals surface area contributed by atoms with Crippen molar-refractivity contribution in [2.24, 2.45) is 0 Å². The third-order valence-corrected chi connectivity index (χ3v) is 26.8. The molecule has 42 heavy (non-hydrogen) atoms. The lowest BCUT2D eigenvalue weighted by atomic mass is 10.3. The highest BCUT2D eigenvalue weighted by atomic mass is 28.5. The van der Waals surface area contributed by atoms with Gasteiger partial charge in [0.25, 0.3) is 0 Å². The highest BCUT2D eigenvalue weighted by Crippen LogP contribution is 2.24. The average Bonchev–Trinajstić information content (AvgIpc) is 2.67. The van der Waals surface area contributed by atoms with Gasteiger partial charge in [0.05, 0.1) is 12.5 Å². The van der Waals surface area contributed by atoms with Crippen molar-refractivity contribution in [3.63, 3.8) is 0 Å². The molecule has 0 aliphatic carbocycles. The van der Waals surface area contributed by atoms with Gasteiger partial charge in [0.2, 0.25) is 0 Å². The summed E-state index contributed by atoms with van der Waals surface area (Å²) in [5.41, 5.74) is 0. The lowest BCUT2D eigenvalue weighted by molar-refractivity contribution is 0.136. The summed E-state index contributed by atoms with van der Waals surface area (Å²) >= 11 is 0. The van der Waals surface area contributed by atoms with Gasteiger partial charge in [-0.1, -0.05) is 0 Å². The van der Waals surface area contributed by atoms with E-state index in [1.807, 2.05) is 0 Å². The fourth-order valence-electron chi connectivity index (χ4n) is 4.53. The molecule has 0 radical (unpaired) electrons. The van der Waals surface area contributed by atoms with Gasteiger partial charge < -0.3 is 40.3 Å². The van der Waals surface area contributed by atoms with E-state index in [1.54, 1.807) is 0 Å². The third kappa shape index (κ3) is 29.8. The molecule has 0 saturated heterocycles. The van der Waals surface area contributed by atoms with Crippen LogP contribution in [0.5, 0.6) is 0 Å². The summed E-state index contributed by atoms with van der Waals surface area (Å²) in [5, 5.41) is 17.6. The maximum Gasteiger partial charge on any atom is 0.342 e. The van der Waals surface area contributed by atoms with E-state index in [-0.39, 0.29) is 13.2 Å². The molecule has 0 amide bonds. The Morgan fingerprint density at radius 2 is 0.667 bits per heavy atom. The van der Waals surface area contributed by atoms with Crippen LogP contribution >= 0.6 is 0 Å². The number of rotatable bonds is 22. The quantitative estimate of drug-likeness (QED) is 0.0913. The largest absolute Gasteiger partial charge is 0.437 e. The Bertz CT molecular complexity index is 690. The molecule has 0 aromatic rings. The molecule has 2 N–H and O–H groups in total. The van der Waals surface area contributed by atoms with E-state index < -0.39 is 59.0 Å². The van der Waals surface area contributed by atoms with Gasteiger partial charge in [-0.3, -0.25) is 0 Å². The van der Waals surface area contributed by atoms with Gasteiger partial charge in [0.1, 0.15) is 0 Å². The molecule has 1 unspecified atom stereocenters. The molecule has 0 bridgehead atoms. The summed E-state index contributed by atoms with van der Waals surface area (Å²) in [4.78, 5) is 0. The number of ether oxygens (including phenoxy) is 2. The number of hydrogen-bond acceptors (Lipinski definition) is 9. The minimum Gasteiger partial charge on any atom is -0.437 e. The van der Waals surface area contributed by atoms with E-state index >= 15 is 0 Å². The van der Waals surface area contributed by atoms with Gasteiger partial charge in [0.15, 0.2) is 33.3 Å². The third-order valence-electron chi connectivity index (χ3n) is 4.70.